The Morgan fingerprint density at radius 1 is 1.09 bits per heavy atom. The summed E-state index contributed by atoms with van der Waals surface area (Å²) in [6.45, 7) is 5.65. The van der Waals surface area contributed by atoms with Gasteiger partial charge in [0.05, 0.1) is 11.2 Å². The molecule has 1 saturated carbocycles. The fourth-order valence-corrected chi connectivity index (χ4v) is 3.37. The van der Waals surface area contributed by atoms with Crippen molar-refractivity contribution in [2.75, 3.05) is 0 Å². The van der Waals surface area contributed by atoms with Crippen molar-refractivity contribution in [2.45, 2.75) is 39.7 Å². The highest BCUT2D eigenvalue weighted by Gasteiger charge is 2.25. The third kappa shape index (κ3) is 2.33. The highest BCUT2D eigenvalue weighted by atomic mass is 15.0. The number of benzene rings is 1. The molecule has 1 fully saturated rings. The van der Waals surface area contributed by atoms with Gasteiger partial charge in [0.1, 0.15) is 0 Å². The number of hydrogen-bond donors (Lipinski definition) is 0. The van der Waals surface area contributed by atoms with Gasteiger partial charge < -0.3 is 4.57 Å². The molecule has 2 heteroatoms. The van der Waals surface area contributed by atoms with Gasteiger partial charge in [-0.15, -0.1) is 0 Å². The quantitative estimate of drug-likeness (QED) is 0.683. The van der Waals surface area contributed by atoms with E-state index in [1.165, 1.54) is 46.3 Å². The van der Waals surface area contributed by atoms with E-state index in [1.54, 1.807) is 0 Å². The Morgan fingerprint density at radius 3 is 2.59 bits per heavy atom. The van der Waals surface area contributed by atoms with Gasteiger partial charge in [0, 0.05) is 30.2 Å². The lowest BCUT2D eigenvalue weighted by atomic mass is 10.1. The van der Waals surface area contributed by atoms with Crippen molar-refractivity contribution in [3.05, 3.63) is 65.1 Å². The van der Waals surface area contributed by atoms with Crippen LogP contribution in [0.3, 0.4) is 0 Å². The first-order chi connectivity index (χ1) is 10.7. The smallest absolute Gasteiger partial charge is 0.0707 e. The standard InChI is InChI=1S/C20H22N2/c1-14-15(2)22(13-17-8-9-17)20-18(14)10-11-21-19(20)12-16-6-4-3-5-7-16/h3-7,10-11,17H,8-9,12-13H2,1-2H3. The normalized spacial score (nSPS) is 14.6. The Labute approximate surface area is 131 Å². The number of aryl methyl sites for hydroxylation is 1. The second-order valence-electron chi connectivity index (χ2n) is 6.58. The van der Waals surface area contributed by atoms with Crippen LogP contribution in [0.15, 0.2) is 42.6 Å². The van der Waals surface area contributed by atoms with Crippen LogP contribution in [0.1, 0.15) is 35.4 Å². The maximum absolute atomic E-state index is 4.72. The lowest BCUT2D eigenvalue weighted by Crippen LogP contribution is -2.05. The summed E-state index contributed by atoms with van der Waals surface area (Å²) >= 11 is 0. The molecule has 1 aromatic carbocycles. The van der Waals surface area contributed by atoms with Gasteiger partial charge in [-0.3, -0.25) is 4.98 Å². The zero-order valence-electron chi connectivity index (χ0n) is 13.3. The SMILES string of the molecule is Cc1c(C)n(CC2CC2)c2c(Cc3ccccc3)nccc12. The van der Waals surface area contributed by atoms with E-state index in [0.717, 1.165) is 18.9 Å². The van der Waals surface area contributed by atoms with E-state index in [4.69, 9.17) is 4.98 Å². The van der Waals surface area contributed by atoms with Gasteiger partial charge in [0.15, 0.2) is 0 Å². The first-order valence-corrected chi connectivity index (χ1v) is 8.21. The zero-order chi connectivity index (χ0) is 15.1. The molecule has 0 amide bonds. The minimum absolute atomic E-state index is 0.874. The molecule has 4 rings (SSSR count). The highest BCUT2D eigenvalue weighted by Crippen LogP contribution is 2.35. The highest BCUT2D eigenvalue weighted by molar-refractivity contribution is 5.87. The number of aromatic nitrogens is 2. The lowest BCUT2D eigenvalue weighted by molar-refractivity contribution is 0.629. The summed E-state index contributed by atoms with van der Waals surface area (Å²) in [4.78, 5) is 4.72. The molecular formula is C20H22N2. The van der Waals surface area contributed by atoms with Crippen LogP contribution in [-0.2, 0) is 13.0 Å². The Hall–Kier alpha value is -2.09. The second kappa shape index (κ2) is 5.28. The molecule has 0 spiro atoms. The molecular weight excluding hydrogens is 268 g/mol. The van der Waals surface area contributed by atoms with E-state index in [2.05, 4.69) is 54.8 Å². The van der Waals surface area contributed by atoms with Gasteiger partial charge in [-0.1, -0.05) is 30.3 Å². The summed E-state index contributed by atoms with van der Waals surface area (Å²) < 4.78 is 2.52. The van der Waals surface area contributed by atoms with Crippen LogP contribution in [0, 0.1) is 19.8 Å². The number of fused-ring (bicyclic) bond motifs is 1. The molecule has 2 aromatic heterocycles. The van der Waals surface area contributed by atoms with Crippen molar-refractivity contribution in [1.82, 2.24) is 9.55 Å². The average Bonchev–Trinajstić information content (AvgIpc) is 3.32. The molecule has 0 radical (unpaired) electrons. The fourth-order valence-electron chi connectivity index (χ4n) is 3.37. The monoisotopic (exact) mass is 290 g/mol. The van der Waals surface area contributed by atoms with Crippen molar-refractivity contribution in [3.8, 4) is 0 Å². The molecule has 0 N–H and O–H groups in total. The van der Waals surface area contributed by atoms with Gasteiger partial charge in [-0.2, -0.15) is 0 Å². The summed E-state index contributed by atoms with van der Waals surface area (Å²) in [5.41, 5.74) is 6.71. The zero-order valence-corrected chi connectivity index (χ0v) is 13.3. The van der Waals surface area contributed by atoms with Crippen LogP contribution in [0.2, 0.25) is 0 Å². The van der Waals surface area contributed by atoms with Crippen LogP contribution >= 0.6 is 0 Å². The third-order valence-electron chi connectivity index (χ3n) is 4.97. The van der Waals surface area contributed by atoms with E-state index in [0.29, 0.717) is 0 Å². The van der Waals surface area contributed by atoms with Crippen LogP contribution in [-0.4, -0.2) is 9.55 Å². The Morgan fingerprint density at radius 2 is 1.86 bits per heavy atom. The van der Waals surface area contributed by atoms with Crippen molar-refractivity contribution in [3.63, 3.8) is 0 Å². The molecule has 0 bridgehead atoms. The molecule has 2 nitrogen and oxygen atoms in total. The molecule has 0 atom stereocenters. The maximum Gasteiger partial charge on any atom is 0.0707 e. The summed E-state index contributed by atoms with van der Waals surface area (Å²) in [7, 11) is 0. The van der Waals surface area contributed by atoms with Gasteiger partial charge in [0.2, 0.25) is 0 Å². The predicted molar refractivity (Wildman–Crippen MR) is 91.2 cm³/mol. The lowest BCUT2D eigenvalue weighted by Gasteiger charge is -2.10. The Bertz CT molecular complexity index is 811. The van der Waals surface area contributed by atoms with E-state index < -0.39 is 0 Å². The van der Waals surface area contributed by atoms with Crippen molar-refractivity contribution >= 4 is 10.9 Å². The summed E-state index contributed by atoms with van der Waals surface area (Å²) in [6.07, 6.45) is 5.64. The molecule has 0 saturated heterocycles. The summed E-state index contributed by atoms with van der Waals surface area (Å²) in [6, 6.07) is 12.8. The van der Waals surface area contributed by atoms with Crippen molar-refractivity contribution in [2.24, 2.45) is 5.92 Å². The summed E-state index contributed by atoms with van der Waals surface area (Å²) in [5.74, 6) is 0.874. The fraction of sp³-hybridized carbons (Fsp3) is 0.350. The topological polar surface area (TPSA) is 17.8 Å². The van der Waals surface area contributed by atoms with E-state index in [1.807, 2.05) is 6.20 Å². The number of rotatable bonds is 4. The molecule has 112 valence electrons. The Kier molecular flexibility index (Phi) is 3.25. The van der Waals surface area contributed by atoms with E-state index in [9.17, 15) is 0 Å². The first-order valence-electron chi connectivity index (χ1n) is 8.21. The maximum atomic E-state index is 4.72. The van der Waals surface area contributed by atoms with Crippen molar-refractivity contribution < 1.29 is 0 Å². The van der Waals surface area contributed by atoms with E-state index in [-0.39, 0.29) is 0 Å². The van der Waals surface area contributed by atoms with Gasteiger partial charge in [0.25, 0.3) is 0 Å². The molecule has 0 unspecified atom stereocenters. The predicted octanol–water partition coefficient (Wildman–Crippen LogP) is 4.65. The largest absolute Gasteiger partial charge is 0.343 e. The minimum atomic E-state index is 0.874. The number of pyridine rings is 1. The average molecular weight is 290 g/mol. The first kappa shape index (κ1) is 13.6. The van der Waals surface area contributed by atoms with Crippen LogP contribution in [0.5, 0.6) is 0 Å². The third-order valence-corrected chi connectivity index (χ3v) is 4.97. The molecule has 1 aliphatic carbocycles. The minimum Gasteiger partial charge on any atom is -0.343 e. The van der Waals surface area contributed by atoms with Gasteiger partial charge >= 0.3 is 0 Å². The second-order valence-corrected chi connectivity index (χ2v) is 6.58. The summed E-state index contributed by atoms with van der Waals surface area (Å²) in [5, 5.41) is 1.37. The van der Waals surface area contributed by atoms with Gasteiger partial charge in [-0.05, 0) is 49.8 Å². The molecule has 2 heterocycles. The molecule has 0 aliphatic heterocycles. The number of nitrogens with zero attached hydrogens (tertiary/aromatic N) is 2. The van der Waals surface area contributed by atoms with Crippen LogP contribution < -0.4 is 0 Å². The van der Waals surface area contributed by atoms with Gasteiger partial charge in [-0.25, -0.2) is 0 Å². The molecule has 1 aliphatic rings. The molecule has 22 heavy (non-hydrogen) atoms. The van der Waals surface area contributed by atoms with Crippen LogP contribution in [0.25, 0.3) is 10.9 Å². The van der Waals surface area contributed by atoms with Crippen molar-refractivity contribution in [1.29, 1.82) is 0 Å². The van der Waals surface area contributed by atoms with E-state index >= 15 is 0 Å². The van der Waals surface area contributed by atoms with Crippen LogP contribution in [0.4, 0.5) is 0 Å². The number of hydrogen-bond acceptors (Lipinski definition) is 1. The Balaban J connectivity index is 1.85. The molecule has 3 aromatic rings.